The van der Waals surface area contributed by atoms with Crippen LogP contribution < -0.4 is 9.46 Å². The van der Waals surface area contributed by atoms with Crippen LogP contribution in [0.3, 0.4) is 0 Å². The molecule has 1 heterocycles. The summed E-state index contributed by atoms with van der Waals surface area (Å²) in [5.41, 5.74) is 1.26. The van der Waals surface area contributed by atoms with Crippen LogP contribution in [-0.2, 0) is 21.2 Å². The molecule has 4 rings (SSSR count). The van der Waals surface area contributed by atoms with E-state index in [1.54, 1.807) is 25.3 Å². The molecular weight excluding hydrogens is 450 g/mol. The van der Waals surface area contributed by atoms with Gasteiger partial charge in [0.15, 0.2) is 0 Å². The summed E-state index contributed by atoms with van der Waals surface area (Å²) in [4.78, 5) is 17.0. The fraction of sp³-hybridized carbons (Fsp3) is 0.346. The van der Waals surface area contributed by atoms with E-state index in [1.165, 1.54) is 5.56 Å². The zero-order chi connectivity index (χ0) is 24.0. The number of rotatable bonds is 9. The summed E-state index contributed by atoms with van der Waals surface area (Å²) >= 11 is 0. The highest BCUT2D eigenvalue weighted by Gasteiger charge is 2.21. The van der Waals surface area contributed by atoms with Crippen LogP contribution in [0.15, 0.2) is 71.6 Å². The Morgan fingerprint density at radius 2 is 1.65 bits per heavy atom. The first-order valence-corrected chi connectivity index (χ1v) is 13.0. The molecule has 3 aromatic carbocycles. The van der Waals surface area contributed by atoms with E-state index in [-0.39, 0.29) is 23.8 Å². The number of hydrogen-bond acceptors (Lipinski definition) is 5. The van der Waals surface area contributed by atoms with Gasteiger partial charge in [0.05, 0.1) is 12.0 Å². The summed E-state index contributed by atoms with van der Waals surface area (Å²) in [6, 6.07) is 20.8. The molecule has 180 valence electrons. The maximum absolute atomic E-state index is 12.7. The third-order valence-electron chi connectivity index (χ3n) is 6.26. The predicted octanol–water partition coefficient (Wildman–Crippen LogP) is 2.90. The average molecular weight is 482 g/mol. The van der Waals surface area contributed by atoms with E-state index in [2.05, 4.69) is 21.8 Å². The largest absolute Gasteiger partial charge is 0.497 e. The van der Waals surface area contributed by atoms with Crippen LogP contribution in [0, 0.1) is 0 Å². The quantitative estimate of drug-likeness (QED) is 0.509. The van der Waals surface area contributed by atoms with Crippen molar-refractivity contribution >= 4 is 26.7 Å². The molecule has 3 aromatic rings. The molecule has 0 aromatic heterocycles. The summed E-state index contributed by atoms with van der Waals surface area (Å²) in [6.07, 6.45) is 1.10. The Kier molecular flexibility index (Phi) is 7.82. The lowest BCUT2D eigenvalue weighted by Crippen LogP contribution is -2.49. The number of amides is 1. The molecule has 8 heteroatoms. The highest BCUT2D eigenvalue weighted by Crippen LogP contribution is 2.19. The minimum absolute atomic E-state index is 0.0176. The first-order valence-electron chi connectivity index (χ1n) is 11.6. The van der Waals surface area contributed by atoms with Gasteiger partial charge >= 0.3 is 0 Å². The van der Waals surface area contributed by atoms with Crippen molar-refractivity contribution in [2.45, 2.75) is 17.7 Å². The predicted molar refractivity (Wildman–Crippen MR) is 133 cm³/mol. The highest BCUT2D eigenvalue weighted by atomic mass is 32.2. The highest BCUT2D eigenvalue weighted by molar-refractivity contribution is 7.89. The first-order chi connectivity index (χ1) is 16.4. The Morgan fingerprint density at radius 1 is 0.941 bits per heavy atom. The minimum atomic E-state index is -3.66. The maximum Gasteiger partial charge on any atom is 0.240 e. The number of benzene rings is 3. The second-order valence-corrected chi connectivity index (χ2v) is 10.2. The normalized spacial score (nSPS) is 14.9. The second kappa shape index (κ2) is 11.0. The third-order valence-corrected chi connectivity index (χ3v) is 7.72. The Balaban J connectivity index is 1.20. The lowest BCUT2D eigenvalue weighted by Gasteiger charge is -2.34. The van der Waals surface area contributed by atoms with E-state index in [9.17, 15) is 13.2 Å². The minimum Gasteiger partial charge on any atom is -0.497 e. The number of carbonyl (C=O) groups excluding carboxylic acids is 1. The van der Waals surface area contributed by atoms with Gasteiger partial charge in [-0.3, -0.25) is 9.69 Å². The van der Waals surface area contributed by atoms with Crippen molar-refractivity contribution in [1.82, 2.24) is 14.5 Å². The zero-order valence-corrected chi connectivity index (χ0v) is 20.3. The summed E-state index contributed by atoms with van der Waals surface area (Å²) in [7, 11) is -2.00. The van der Waals surface area contributed by atoms with Gasteiger partial charge in [0.25, 0.3) is 0 Å². The summed E-state index contributed by atoms with van der Waals surface area (Å²) in [5.74, 6) is 0.839. The molecule has 1 fully saturated rings. The Labute approximate surface area is 201 Å². The van der Waals surface area contributed by atoms with E-state index in [4.69, 9.17) is 4.74 Å². The van der Waals surface area contributed by atoms with E-state index >= 15 is 0 Å². The van der Waals surface area contributed by atoms with Gasteiger partial charge in [0, 0.05) is 45.7 Å². The molecule has 0 aliphatic carbocycles. The number of ether oxygens (including phenoxy) is 1. The van der Waals surface area contributed by atoms with Crippen LogP contribution in [0.2, 0.25) is 0 Å². The number of carbonyl (C=O) groups is 1. The van der Waals surface area contributed by atoms with Gasteiger partial charge in [0.1, 0.15) is 5.75 Å². The lowest BCUT2D eigenvalue weighted by atomic mass is 10.1. The van der Waals surface area contributed by atoms with E-state index in [1.807, 2.05) is 41.3 Å². The number of piperazine rings is 1. The van der Waals surface area contributed by atoms with Gasteiger partial charge in [-0.25, -0.2) is 13.1 Å². The number of methoxy groups -OCH3 is 1. The van der Waals surface area contributed by atoms with Crippen LogP contribution in [-0.4, -0.2) is 70.5 Å². The molecule has 1 aliphatic heterocycles. The van der Waals surface area contributed by atoms with Crippen molar-refractivity contribution in [1.29, 1.82) is 0 Å². The lowest BCUT2D eigenvalue weighted by molar-refractivity contribution is -0.132. The van der Waals surface area contributed by atoms with Crippen molar-refractivity contribution in [2.24, 2.45) is 0 Å². The topological polar surface area (TPSA) is 79.0 Å². The fourth-order valence-corrected chi connectivity index (χ4v) is 5.24. The smallest absolute Gasteiger partial charge is 0.240 e. The molecule has 0 saturated carbocycles. The average Bonchev–Trinajstić information content (AvgIpc) is 2.87. The molecule has 1 saturated heterocycles. The van der Waals surface area contributed by atoms with Gasteiger partial charge in [-0.05, 0) is 47.0 Å². The second-order valence-electron chi connectivity index (χ2n) is 8.48. The fourth-order valence-electron chi connectivity index (χ4n) is 4.17. The Bertz CT molecular complexity index is 1220. The first kappa shape index (κ1) is 24.2. The molecule has 0 bridgehead atoms. The van der Waals surface area contributed by atoms with Crippen molar-refractivity contribution in [3.8, 4) is 5.75 Å². The van der Waals surface area contributed by atoms with Gasteiger partial charge < -0.3 is 9.64 Å². The Hall–Kier alpha value is -2.94. The van der Waals surface area contributed by atoms with Crippen LogP contribution in [0.25, 0.3) is 10.8 Å². The van der Waals surface area contributed by atoms with Gasteiger partial charge in [-0.2, -0.15) is 0 Å². The number of nitrogens with one attached hydrogen (secondary N) is 1. The summed E-state index contributed by atoms with van der Waals surface area (Å²) < 4.78 is 33.1. The van der Waals surface area contributed by atoms with E-state index < -0.39 is 10.0 Å². The molecule has 0 unspecified atom stereocenters. The summed E-state index contributed by atoms with van der Waals surface area (Å²) in [6.45, 7) is 4.01. The van der Waals surface area contributed by atoms with Gasteiger partial charge in [0.2, 0.25) is 15.9 Å². The zero-order valence-electron chi connectivity index (χ0n) is 19.4. The van der Waals surface area contributed by atoms with Crippen LogP contribution >= 0.6 is 0 Å². The van der Waals surface area contributed by atoms with Crippen molar-refractivity contribution in [3.63, 3.8) is 0 Å². The molecule has 1 amide bonds. The molecule has 7 nitrogen and oxygen atoms in total. The van der Waals surface area contributed by atoms with E-state index in [0.29, 0.717) is 13.1 Å². The number of nitrogens with zero attached hydrogens (tertiary/aromatic N) is 2. The molecular formula is C26H31N3O4S. The van der Waals surface area contributed by atoms with Gasteiger partial charge in [-0.1, -0.05) is 42.5 Å². The third kappa shape index (κ3) is 6.14. The van der Waals surface area contributed by atoms with E-state index in [0.717, 1.165) is 42.6 Å². The Morgan fingerprint density at radius 3 is 2.35 bits per heavy atom. The molecule has 1 aliphatic rings. The van der Waals surface area contributed by atoms with Crippen LogP contribution in [0.4, 0.5) is 0 Å². The SMILES string of the molecule is COc1ccc(CCN2CCN(C(=O)CCNS(=O)(=O)c3ccc4ccccc4c3)CC2)cc1. The number of sulfonamides is 1. The van der Waals surface area contributed by atoms with Crippen LogP contribution in [0.5, 0.6) is 5.75 Å². The summed E-state index contributed by atoms with van der Waals surface area (Å²) in [5, 5.41) is 1.85. The van der Waals surface area contributed by atoms with Crippen molar-refractivity contribution in [3.05, 3.63) is 72.3 Å². The number of hydrogen-bond donors (Lipinski definition) is 1. The molecule has 0 spiro atoms. The number of fused-ring (bicyclic) bond motifs is 1. The molecule has 1 N–H and O–H groups in total. The molecule has 0 atom stereocenters. The van der Waals surface area contributed by atoms with Gasteiger partial charge in [-0.15, -0.1) is 0 Å². The van der Waals surface area contributed by atoms with Crippen LogP contribution in [0.1, 0.15) is 12.0 Å². The van der Waals surface area contributed by atoms with Crippen molar-refractivity contribution in [2.75, 3.05) is 46.4 Å². The standard InChI is InChI=1S/C26H31N3O4S/c1-33-24-9-6-21(7-10-24)13-15-28-16-18-29(19-17-28)26(30)12-14-27-34(31,32)25-11-8-22-4-2-3-5-23(22)20-25/h2-11,20,27H,12-19H2,1H3. The molecule has 34 heavy (non-hydrogen) atoms. The monoisotopic (exact) mass is 481 g/mol. The molecule has 0 radical (unpaired) electrons. The van der Waals surface area contributed by atoms with Crippen molar-refractivity contribution < 1.29 is 17.9 Å². The maximum atomic E-state index is 12.7.